The quantitative estimate of drug-likeness (QED) is 0.367. The second-order valence-corrected chi connectivity index (χ2v) is 8.81. The number of halogens is 1. The minimum Gasteiger partial charge on any atom is -0.387 e. The first kappa shape index (κ1) is 23.2. The lowest BCUT2D eigenvalue weighted by molar-refractivity contribution is -0.129. The van der Waals surface area contributed by atoms with Crippen LogP contribution in [-0.2, 0) is 4.79 Å². The third-order valence-corrected chi connectivity index (χ3v) is 6.19. The molecule has 2 N–H and O–H groups in total. The van der Waals surface area contributed by atoms with Gasteiger partial charge in [-0.2, -0.15) is 0 Å². The van der Waals surface area contributed by atoms with Crippen molar-refractivity contribution in [2.45, 2.75) is 46.1 Å². The van der Waals surface area contributed by atoms with E-state index in [1.807, 2.05) is 53.4 Å². The van der Waals surface area contributed by atoms with Gasteiger partial charge in [0.15, 0.2) is 0 Å². The molecule has 0 aliphatic carbocycles. The molecule has 0 fully saturated rings. The highest BCUT2D eigenvalue weighted by molar-refractivity contribution is 14.1. The summed E-state index contributed by atoms with van der Waals surface area (Å²) < 4.78 is 0.0142. The molecule has 1 atom stereocenters. The lowest BCUT2D eigenvalue weighted by Crippen LogP contribution is -2.40. The monoisotopic (exact) mass is 529 g/mol. The Hall–Kier alpha value is -2.48. The van der Waals surface area contributed by atoms with Crippen molar-refractivity contribution >= 4 is 49.9 Å². The normalized spacial score (nSPS) is 14.1. The number of nitrogens with zero attached hydrogens (tertiary/aromatic N) is 2. The van der Waals surface area contributed by atoms with Crippen LogP contribution < -0.4 is 5.73 Å². The van der Waals surface area contributed by atoms with Crippen LogP contribution >= 0.6 is 22.6 Å². The Morgan fingerprint density at radius 1 is 1.13 bits per heavy atom. The number of amidine groups is 1. The lowest BCUT2D eigenvalue weighted by Gasteiger charge is -2.29. The molecule has 2 aromatic carbocycles. The molecule has 0 saturated heterocycles. The van der Waals surface area contributed by atoms with Gasteiger partial charge in [-0.05, 0) is 55.2 Å². The van der Waals surface area contributed by atoms with Gasteiger partial charge in [0.2, 0.25) is 9.70 Å². The van der Waals surface area contributed by atoms with Crippen molar-refractivity contribution in [3.8, 4) is 11.1 Å². The van der Waals surface area contributed by atoms with Crippen LogP contribution in [0, 0.1) is 0 Å². The molecule has 162 valence electrons. The highest BCUT2D eigenvalue weighted by Gasteiger charge is 2.24. The zero-order valence-electron chi connectivity index (χ0n) is 18.2. The van der Waals surface area contributed by atoms with Crippen LogP contribution in [0.25, 0.3) is 17.2 Å². The van der Waals surface area contributed by atoms with E-state index in [9.17, 15) is 9.59 Å². The number of fused-ring (bicyclic) bond motifs is 1. The summed E-state index contributed by atoms with van der Waals surface area (Å²) in [6.45, 7) is 6.99. The molecule has 5 nitrogen and oxygen atoms in total. The Bertz CT molecular complexity index is 1040. The Morgan fingerprint density at radius 2 is 1.81 bits per heavy atom. The van der Waals surface area contributed by atoms with Gasteiger partial charge in [0.1, 0.15) is 5.84 Å². The molecule has 31 heavy (non-hydrogen) atoms. The Labute approximate surface area is 197 Å². The standard InChI is InChI=1S/C25H28IN3O2/c1-4-12-29(16(3)5-2)25(31)21-13-20-11-10-19(14-22(20)28-23(27)15-21)17-6-8-18(9-7-17)24(26)30/h6-11,13-14,16H,4-5,12,15H2,1-3H3,(H2,27,28). The summed E-state index contributed by atoms with van der Waals surface area (Å²) in [7, 11) is 0. The van der Waals surface area contributed by atoms with Crippen molar-refractivity contribution in [1.82, 2.24) is 4.90 Å². The van der Waals surface area contributed by atoms with E-state index in [2.05, 4.69) is 25.8 Å². The van der Waals surface area contributed by atoms with Crippen LogP contribution in [0.1, 0.15) is 56.0 Å². The van der Waals surface area contributed by atoms with Crippen LogP contribution in [0.3, 0.4) is 0 Å². The van der Waals surface area contributed by atoms with E-state index < -0.39 is 0 Å². The summed E-state index contributed by atoms with van der Waals surface area (Å²) in [6, 6.07) is 13.6. The van der Waals surface area contributed by atoms with Crippen LogP contribution in [0.2, 0.25) is 0 Å². The molecule has 0 spiro atoms. The molecule has 1 amide bonds. The lowest BCUT2D eigenvalue weighted by atomic mass is 10.00. The number of nitrogens with two attached hydrogens (primary N) is 1. The van der Waals surface area contributed by atoms with Crippen LogP contribution in [0.5, 0.6) is 0 Å². The van der Waals surface area contributed by atoms with Crippen LogP contribution in [-0.4, -0.2) is 33.0 Å². The first-order valence-corrected chi connectivity index (χ1v) is 11.7. The zero-order valence-corrected chi connectivity index (χ0v) is 20.3. The molecule has 0 aromatic heterocycles. The molecule has 1 aliphatic heterocycles. The van der Waals surface area contributed by atoms with Crippen molar-refractivity contribution in [3.05, 3.63) is 59.2 Å². The molecular formula is C25H28IN3O2. The Balaban J connectivity index is 1.96. The molecule has 1 aliphatic rings. The Kier molecular flexibility index (Phi) is 7.64. The van der Waals surface area contributed by atoms with Crippen molar-refractivity contribution in [2.75, 3.05) is 6.54 Å². The molecule has 0 saturated carbocycles. The number of hydrogen-bond acceptors (Lipinski definition) is 4. The topological polar surface area (TPSA) is 75.8 Å². The van der Waals surface area contributed by atoms with E-state index in [-0.39, 0.29) is 15.7 Å². The summed E-state index contributed by atoms with van der Waals surface area (Å²) >= 11 is 1.78. The highest BCUT2D eigenvalue weighted by Crippen LogP contribution is 2.32. The zero-order chi connectivity index (χ0) is 22.5. The summed E-state index contributed by atoms with van der Waals surface area (Å²) in [5.41, 5.74) is 11.2. The first-order chi connectivity index (χ1) is 14.8. The maximum absolute atomic E-state index is 13.3. The highest BCUT2D eigenvalue weighted by atomic mass is 127. The van der Waals surface area contributed by atoms with E-state index in [0.29, 0.717) is 23.4 Å². The van der Waals surface area contributed by atoms with Gasteiger partial charge in [0, 0.05) is 58.3 Å². The summed E-state index contributed by atoms with van der Waals surface area (Å²) in [6.07, 6.45) is 4.08. The van der Waals surface area contributed by atoms with Crippen molar-refractivity contribution in [2.24, 2.45) is 10.7 Å². The number of rotatable bonds is 7. The number of aliphatic imine (C=N–C) groups is 1. The van der Waals surface area contributed by atoms with Gasteiger partial charge in [-0.15, -0.1) is 0 Å². The molecule has 1 unspecified atom stereocenters. The van der Waals surface area contributed by atoms with E-state index in [1.54, 1.807) is 22.6 Å². The molecule has 1 heterocycles. The van der Waals surface area contributed by atoms with Crippen LogP contribution in [0.4, 0.5) is 5.69 Å². The SMILES string of the molecule is CCCN(C(=O)C1=Cc2ccc(-c3ccc(C(=O)I)cc3)cc2N=C(N)C1)C(C)CC. The van der Waals surface area contributed by atoms with Crippen molar-refractivity contribution < 1.29 is 9.59 Å². The van der Waals surface area contributed by atoms with Gasteiger partial charge in [-0.25, -0.2) is 4.99 Å². The minimum absolute atomic E-state index is 0.0142. The molecule has 3 rings (SSSR count). The minimum atomic E-state index is 0.0142. The maximum Gasteiger partial charge on any atom is 0.250 e. The van der Waals surface area contributed by atoms with Gasteiger partial charge in [-0.3, -0.25) is 9.59 Å². The number of carbonyl (C=O) groups is 2. The van der Waals surface area contributed by atoms with Gasteiger partial charge in [-0.1, -0.05) is 38.1 Å². The van der Waals surface area contributed by atoms with Gasteiger partial charge in [0.05, 0.1) is 5.69 Å². The maximum atomic E-state index is 13.3. The van der Waals surface area contributed by atoms with E-state index in [1.165, 1.54) is 0 Å². The average molecular weight is 529 g/mol. The third-order valence-electron chi connectivity index (χ3n) is 5.56. The fraction of sp³-hybridized carbons (Fsp3) is 0.320. The largest absolute Gasteiger partial charge is 0.387 e. The third kappa shape index (κ3) is 5.42. The van der Waals surface area contributed by atoms with E-state index >= 15 is 0 Å². The summed E-state index contributed by atoms with van der Waals surface area (Å²) in [5, 5.41) is 0. The van der Waals surface area contributed by atoms with Crippen molar-refractivity contribution in [3.63, 3.8) is 0 Å². The molecule has 0 radical (unpaired) electrons. The van der Waals surface area contributed by atoms with E-state index in [4.69, 9.17) is 5.73 Å². The van der Waals surface area contributed by atoms with Crippen LogP contribution in [0.15, 0.2) is 53.0 Å². The smallest absolute Gasteiger partial charge is 0.250 e. The Morgan fingerprint density at radius 3 is 2.42 bits per heavy atom. The number of benzene rings is 2. The fourth-order valence-electron chi connectivity index (χ4n) is 3.67. The predicted octanol–water partition coefficient (Wildman–Crippen LogP) is 5.74. The fourth-order valence-corrected chi connectivity index (χ4v) is 4.03. The molecule has 0 bridgehead atoms. The van der Waals surface area contributed by atoms with Crippen molar-refractivity contribution in [1.29, 1.82) is 0 Å². The number of hydrogen-bond donors (Lipinski definition) is 1. The summed E-state index contributed by atoms with van der Waals surface area (Å²) in [4.78, 5) is 31.3. The van der Waals surface area contributed by atoms with Gasteiger partial charge >= 0.3 is 0 Å². The van der Waals surface area contributed by atoms with Gasteiger partial charge in [0.25, 0.3) is 0 Å². The second kappa shape index (κ2) is 10.2. The molecular weight excluding hydrogens is 501 g/mol. The molecule has 2 aromatic rings. The van der Waals surface area contributed by atoms with Gasteiger partial charge < -0.3 is 10.6 Å². The number of carbonyl (C=O) groups excluding carboxylic acids is 2. The number of amides is 1. The predicted molar refractivity (Wildman–Crippen MR) is 136 cm³/mol. The van der Waals surface area contributed by atoms with E-state index in [0.717, 1.165) is 41.8 Å². The second-order valence-electron chi connectivity index (χ2n) is 7.83. The molecule has 6 heteroatoms. The average Bonchev–Trinajstić information content (AvgIpc) is 2.93. The summed E-state index contributed by atoms with van der Waals surface area (Å²) in [5.74, 6) is 0.465. The first-order valence-electron chi connectivity index (χ1n) is 10.6.